The summed E-state index contributed by atoms with van der Waals surface area (Å²) in [4.78, 5) is 16.6. The molecule has 0 radical (unpaired) electrons. The number of ether oxygens (including phenoxy) is 1. The quantitative estimate of drug-likeness (QED) is 0.925. The summed E-state index contributed by atoms with van der Waals surface area (Å²) in [5.41, 5.74) is 1.94. The van der Waals surface area contributed by atoms with E-state index in [2.05, 4.69) is 10.3 Å². The highest BCUT2D eigenvalue weighted by atomic mass is 16.5. The van der Waals surface area contributed by atoms with Crippen molar-refractivity contribution in [3.63, 3.8) is 0 Å². The summed E-state index contributed by atoms with van der Waals surface area (Å²) in [7, 11) is 0. The largest absolute Gasteiger partial charge is 0.381 e. The number of nitrogens with one attached hydrogen (secondary N) is 1. The van der Waals surface area contributed by atoms with Crippen LogP contribution >= 0.6 is 0 Å². The number of imidazole rings is 1. The molecule has 0 atom stereocenters. The Balaban J connectivity index is 1.72. The molecule has 1 fully saturated rings. The third kappa shape index (κ3) is 2.67. The predicted molar refractivity (Wildman–Crippen MR) is 76.5 cm³/mol. The highest BCUT2D eigenvalue weighted by Gasteiger charge is 2.17. The van der Waals surface area contributed by atoms with Crippen LogP contribution in [0.2, 0.25) is 0 Å². The van der Waals surface area contributed by atoms with Crippen LogP contribution in [0.5, 0.6) is 0 Å². The van der Waals surface area contributed by atoms with E-state index in [-0.39, 0.29) is 11.9 Å². The van der Waals surface area contributed by atoms with E-state index in [0.29, 0.717) is 6.54 Å². The number of amides is 1. The molecule has 2 aromatic rings. The zero-order valence-electron chi connectivity index (χ0n) is 11.6. The lowest BCUT2D eigenvalue weighted by molar-refractivity contribution is -0.122. The monoisotopic (exact) mass is 273 g/mol. The fraction of sp³-hybridized carbons (Fsp3) is 0.467. The molecule has 0 aliphatic carbocycles. The third-order valence-electron chi connectivity index (χ3n) is 3.73. The number of carbonyl (C=O) groups excluding carboxylic acids is 1. The molecule has 1 aromatic heterocycles. The van der Waals surface area contributed by atoms with Gasteiger partial charge in [-0.3, -0.25) is 4.79 Å². The first-order chi connectivity index (χ1) is 9.74. The summed E-state index contributed by atoms with van der Waals surface area (Å²) >= 11 is 0. The second-order valence-corrected chi connectivity index (χ2v) is 5.19. The van der Waals surface area contributed by atoms with Gasteiger partial charge in [-0.1, -0.05) is 12.1 Å². The van der Waals surface area contributed by atoms with E-state index in [1.165, 1.54) is 0 Å². The highest BCUT2D eigenvalue weighted by Crippen LogP contribution is 2.15. The molecule has 1 amide bonds. The maximum Gasteiger partial charge on any atom is 0.240 e. The van der Waals surface area contributed by atoms with E-state index in [1.54, 1.807) is 0 Å². The van der Waals surface area contributed by atoms with Crippen molar-refractivity contribution in [2.45, 2.75) is 32.4 Å². The van der Waals surface area contributed by atoms with Gasteiger partial charge in [-0.15, -0.1) is 0 Å². The molecule has 0 spiro atoms. The molecule has 0 unspecified atom stereocenters. The lowest BCUT2D eigenvalue weighted by Gasteiger charge is -2.23. The van der Waals surface area contributed by atoms with Gasteiger partial charge in [0.2, 0.25) is 5.91 Å². The fourth-order valence-corrected chi connectivity index (χ4v) is 2.65. The molecule has 3 rings (SSSR count). The minimum Gasteiger partial charge on any atom is -0.381 e. The number of fused-ring (bicyclic) bond motifs is 1. The normalized spacial score (nSPS) is 16.4. The average molecular weight is 273 g/mol. The first-order valence-corrected chi connectivity index (χ1v) is 7.03. The summed E-state index contributed by atoms with van der Waals surface area (Å²) in [5.74, 6) is 0.913. The Hall–Kier alpha value is -1.88. The maximum absolute atomic E-state index is 12.2. The van der Waals surface area contributed by atoms with Gasteiger partial charge in [0, 0.05) is 19.3 Å². The number of aryl methyl sites for hydroxylation is 1. The van der Waals surface area contributed by atoms with Crippen molar-refractivity contribution in [3.8, 4) is 0 Å². The van der Waals surface area contributed by atoms with E-state index >= 15 is 0 Å². The van der Waals surface area contributed by atoms with Crippen LogP contribution in [-0.2, 0) is 16.1 Å². The van der Waals surface area contributed by atoms with Crippen LogP contribution in [0.3, 0.4) is 0 Å². The van der Waals surface area contributed by atoms with Crippen LogP contribution in [0, 0.1) is 6.92 Å². The average Bonchev–Trinajstić information content (AvgIpc) is 2.76. The Labute approximate surface area is 117 Å². The Morgan fingerprint density at radius 1 is 1.40 bits per heavy atom. The topological polar surface area (TPSA) is 56.2 Å². The molecular weight excluding hydrogens is 254 g/mol. The van der Waals surface area contributed by atoms with Crippen molar-refractivity contribution in [3.05, 3.63) is 30.1 Å². The number of rotatable bonds is 3. The number of benzene rings is 1. The molecule has 0 bridgehead atoms. The third-order valence-corrected chi connectivity index (χ3v) is 3.73. The van der Waals surface area contributed by atoms with Gasteiger partial charge >= 0.3 is 0 Å². The van der Waals surface area contributed by atoms with Gasteiger partial charge in [-0.2, -0.15) is 0 Å². The molecule has 106 valence electrons. The van der Waals surface area contributed by atoms with Crippen LogP contribution < -0.4 is 5.32 Å². The SMILES string of the molecule is Cc1nc2ccccc2n1CC(=O)NC1CCOCC1. The maximum atomic E-state index is 12.2. The molecule has 20 heavy (non-hydrogen) atoms. The number of nitrogens with zero attached hydrogens (tertiary/aromatic N) is 2. The van der Waals surface area contributed by atoms with Gasteiger partial charge in [0.1, 0.15) is 12.4 Å². The van der Waals surface area contributed by atoms with Gasteiger partial charge in [0.15, 0.2) is 0 Å². The summed E-state index contributed by atoms with van der Waals surface area (Å²) in [6.07, 6.45) is 1.80. The Kier molecular flexibility index (Phi) is 3.69. The molecule has 1 aromatic carbocycles. The zero-order chi connectivity index (χ0) is 13.9. The standard InChI is InChI=1S/C15H19N3O2/c1-11-16-13-4-2-3-5-14(13)18(11)10-15(19)17-12-6-8-20-9-7-12/h2-5,12H,6-10H2,1H3,(H,17,19). The number of aromatic nitrogens is 2. The number of carbonyl (C=O) groups is 1. The van der Waals surface area contributed by atoms with Crippen LogP contribution in [0.15, 0.2) is 24.3 Å². The van der Waals surface area contributed by atoms with Crippen molar-refractivity contribution in [2.75, 3.05) is 13.2 Å². The Bertz CT molecular complexity index is 615. The van der Waals surface area contributed by atoms with Crippen molar-refractivity contribution in [2.24, 2.45) is 0 Å². The van der Waals surface area contributed by atoms with Gasteiger partial charge in [-0.05, 0) is 31.9 Å². The number of hydrogen-bond acceptors (Lipinski definition) is 3. The molecule has 1 saturated heterocycles. The highest BCUT2D eigenvalue weighted by molar-refractivity contribution is 5.81. The van der Waals surface area contributed by atoms with Crippen molar-refractivity contribution in [1.29, 1.82) is 0 Å². The van der Waals surface area contributed by atoms with Gasteiger partial charge in [0.25, 0.3) is 0 Å². The minimum atomic E-state index is 0.0446. The predicted octanol–water partition coefficient (Wildman–Crippen LogP) is 1.64. The van der Waals surface area contributed by atoms with Gasteiger partial charge in [0.05, 0.1) is 11.0 Å². The number of para-hydroxylation sites is 2. The van der Waals surface area contributed by atoms with Gasteiger partial charge < -0.3 is 14.6 Å². The van der Waals surface area contributed by atoms with E-state index in [0.717, 1.165) is 42.9 Å². The molecule has 5 heteroatoms. The fourth-order valence-electron chi connectivity index (χ4n) is 2.65. The molecular formula is C15H19N3O2. The molecule has 2 heterocycles. The van der Waals surface area contributed by atoms with E-state index < -0.39 is 0 Å². The van der Waals surface area contributed by atoms with Gasteiger partial charge in [-0.25, -0.2) is 4.98 Å². The van der Waals surface area contributed by atoms with Crippen LogP contribution in [0.1, 0.15) is 18.7 Å². The van der Waals surface area contributed by atoms with E-state index in [1.807, 2.05) is 35.8 Å². The minimum absolute atomic E-state index is 0.0446. The molecule has 1 aliphatic rings. The smallest absolute Gasteiger partial charge is 0.240 e. The first-order valence-electron chi connectivity index (χ1n) is 7.03. The zero-order valence-corrected chi connectivity index (χ0v) is 11.6. The Morgan fingerprint density at radius 3 is 2.95 bits per heavy atom. The van der Waals surface area contributed by atoms with E-state index in [4.69, 9.17) is 4.74 Å². The summed E-state index contributed by atoms with van der Waals surface area (Å²) < 4.78 is 7.26. The van der Waals surface area contributed by atoms with Crippen LogP contribution in [0.25, 0.3) is 11.0 Å². The van der Waals surface area contributed by atoms with Crippen molar-refractivity contribution < 1.29 is 9.53 Å². The van der Waals surface area contributed by atoms with Crippen molar-refractivity contribution >= 4 is 16.9 Å². The van der Waals surface area contributed by atoms with Crippen molar-refractivity contribution in [1.82, 2.24) is 14.9 Å². The number of hydrogen-bond donors (Lipinski definition) is 1. The second kappa shape index (κ2) is 5.63. The first kappa shape index (κ1) is 13.1. The lowest BCUT2D eigenvalue weighted by Crippen LogP contribution is -2.40. The van der Waals surface area contributed by atoms with E-state index in [9.17, 15) is 4.79 Å². The molecule has 0 saturated carbocycles. The van der Waals surface area contributed by atoms with Crippen LogP contribution in [0.4, 0.5) is 0 Å². The van der Waals surface area contributed by atoms with Crippen LogP contribution in [-0.4, -0.2) is 34.7 Å². The lowest BCUT2D eigenvalue weighted by atomic mass is 10.1. The summed E-state index contributed by atoms with van der Waals surface area (Å²) in [6, 6.07) is 8.13. The molecule has 1 N–H and O–H groups in total. The summed E-state index contributed by atoms with van der Waals surface area (Å²) in [5, 5.41) is 3.08. The Morgan fingerprint density at radius 2 is 2.15 bits per heavy atom. The molecule has 1 aliphatic heterocycles. The molecule has 5 nitrogen and oxygen atoms in total. The second-order valence-electron chi connectivity index (χ2n) is 5.19. The summed E-state index contributed by atoms with van der Waals surface area (Å²) in [6.45, 7) is 3.72.